The number of amides is 1. The van der Waals surface area contributed by atoms with Gasteiger partial charge in [-0.1, -0.05) is 35.9 Å². The van der Waals surface area contributed by atoms with Crippen LogP contribution >= 0.6 is 22.7 Å². The van der Waals surface area contributed by atoms with Gasteiger partial charge in [0.25, 0.3) is 0 Å². The number of carbonyl (C=O) groups excluding carboxylic acids is 1. The molecular formula is C18H18N2OS2. The van der Waals surface area contributed by atoms with Crippen molar-refractivity contribution in [1.82, 2.24) is 10.3 Å². The van der Waals surface area contributed by atoms with Crippen molar-refractivity contribution in [3.63, 3.8) is 0 Å². The smallest absolute Gasteiger partial charge is 0.225 e. The second kappa shape index (κ2) is 7.06. The summed E-state index contributed by atoms with van der Waals surface area (Å²) < 4.78 is 0. The van der Waals surface area contributed by atoms with E-state index in [4.69, 9.17) is 0 Å². The molecular weight excluding hydrogens is 324 g/mol. The largest absolute Gasteiger partial charge is 0.351 e. The predicted octanol–water partition coefficient (Wildman–Crippen LogP) is 4.35. The molecule has 0 aliphatic rings. The van der Waals surface area contributed by atoms with E-state index in [1.165, 1.54) is 5.56 Å². The van der Waals surface area contributed by atoms with Crippen LogP contribution in [-0.4, -0.2) is 10.9 Å². The Kier molecular flexibility index (Phi) is 4.88. The number of aryl methyl sites for hydroxylation is 2. The molecule has 0 atom stereocenters. The monoisotopic (exact) mass is 342 g/mol. The summed E-state index contributed by atoms with van der Waals surface area (Å²) in [6.07, 6.45) is 0.375. The van der Waals surface area contributed by atoms with Gasteiger partial charge in [-0.3, -0.25) is 4.79 Å². The number of nitrogens with zero attached hydrogens (tertiary/aromatic N) is 1. The van der Waals surface area contributed by atoms with Crippen molar-refractivity contribution in [2.24, 2.45) is 0 Å². The van der Waals surface area contributed by atoms with Crippen LogP contribution in [0.3, 0.4) is 0 Å². The summed E-state index contributed by atoms with van der Waals surface area (Å²) in [7, 11) is 0. The summed E-state index contributed by atoms with van der Waals surface area (Å²) in [5, 5.41) is 5.99. The van der Waals surface area contributed by atoms with E-state index in [1.54, 1.807) is 22.7 Å². The van der Waals surface area contributed by atoms with Crippen molar-refractivity contribution in [3.8, 4) is 11.3 Å². The van der Waals surface area contributed by atoms with Crippen molar-refractivity contribution in [2.75, 3.05) is 0 Å². The number of thiophene rings is 1. The minimum absolute atomic E-state index is 0.0374. The summed E-state index contributed by atoms with van der Waals surface area (Å²) in [5.74, 6) is 0.0374. The average molecular weight is 342 g/mol. The highest BCUT2D eigenvalue weighted by atomic mass is 32.1. The van der Waals surface area contributed by atoms with Crippen molar-refractivity contribution >= 4 is 28.6 Å². The normalized spacial score (nSPS) is 10.7. The van der Waals surface area contributed by atoms with E-state index in [0.29, 0.717) is 13.0 Å². The van der Waals surface area contributed by atoms with Crippen LogP contribution in [0.15, 0.2) is 41.8 Å². The lowest BCUT2D eigenvalue weighted by Crippen LogP contribution is -2.23. The quantitative estimate of drug-likeness (QED) is 0.749. The topological polar surface area (TPSA) is 42.0 Å². The maximum Gasteiger partial charge on any atom is 0.225 e. The first kappa shape index (κ1) is 15.9. The number of thiazole rings is 1. The Morgan fingerprint density at radius 2 is 1.96 bits per heavy atom. The zero-order chi connectivity index (χ0) is 16.2. The molecule has 3 rings (SSSR count). The van der Waals surface area contributed by atoms with Crippen molar-refractivity contribution in [3.05, 3.63) is 62.1 Å². The van der Waals surface area contributed by atoms with Crippen LogP contribution in [-0.2, 0) is 17.8 Å². The van der Waals surface area contributed by atoms with E-state index in [2.05, 4.69) is 41.5 Å². The molecule has 23 heavy (non-hydrogen) atoms. The van der Waals surface area contributed by atoms with Gasteiger partial charge < -0.3 is 5.32 Å². The molecule has 0 bridgehead atoms. The van der Waals surface area contributed by atoms with E-state index < -0.39 is 0 Å². The zero-order valence-corrected chi connectivity index (χ0v) is 14.8. The summed E-state index contributed by atoms with van der Waals surface area (Å²) >= 11 is 3.25. The van der Waals surface area contributed by atoms with Gasteiger partial charge in [-0.25, -0.2) is 4.98 Å². The number of benzene rings is 1. The second-order valence-corrected chi connectivity index (χ2v) is 7.72. The molecule has 0 saturated heterocycles. The highest BCUT2D eigenvalue weighted by Gasteiger charge is 2.14. The molecule has 1 aromatic carbocycles. The fourth-order valence-corrected chi connectivity index (χ4v) is 3.93. The molecule has 1 N–H and O–H groups in total. The van der Waals surface area contributed by atoms with E-state index in [0.717, 1.165) is 26.0 Å². The van der Waals surface area contributed by atoms with E-state index in [1.807, 2.05) is 24.4 Å². The van der Waals surface area contributed by atoms with Gasteiger partial charge in [0.05, 0.1) is 23.7 Å². The van der Waals surface area contributed by atoms with Gasteiger partial charge in [0.15, 0.2) is 0 Å². The van der Waals surface area contributed by atoms with Crippen LogP contribution in [0.5, 0.6) is 0 Å². The van der Waals surface area contributed by atoms with Crippen molar-refractivity contribution < 1.29 is 4.79 Å². The molecule has 0 unspecified atom stereocenters. The van der Waals surface area contributed by atoms with Gasteiger partial charge in [0.1, 0.15) is 0 Å². The number of carbonyl (C=O) groups is 1. The van der Waals surface area contributed by atoms with Gasteiger partial charge in [-0.2, -0.15) is 0 Å². The number of hydrogen-bond acceptors (Lipinski definition) is 4. The summed E-state index contributed by atoms with van der Waals surface area (Å²) in [5.41, 5.74) is 3.22. The molecule has 3 nitrogen and oxygen atoms in total. The molecule has 3 aromatic rings. The highest BCUT2D eigenvalue weighted by molar-refractivity contribution is 7.12. The van der Waals surface area contributed by atoms with Gasteiger partial charge in [0, 0.05) is 15.3 Å². The third kappa shape index (κ3) is 4.06. The molecule has 1 amide bonds. The Hall–Kier alpha value is -1.98. The summed E-state index contributed by atoms with van der Waals surface area (Å²) in [6.45, 7) is 4.64. The number of aromatic nitrogens is 1. The maximum atomic E-state index is 12.2. The SMILES string of the molecule is Cc1ccc(-c2nc(C)sc2CC(=O)NCc2cccs2)cc1. The molecule has 0 aliphatic heterocycles. The Bertz CT molecular complexity index is 789. The number of nitrogens with one attached hydrogen (secondary N) is 1. The third-order valence-electron chi connectivity index (χ3n) is 3.49. The lowest BCUT2D eigenvalue weighted by molar-refractivity contribution is -0.120. The Labute approximate surface area is 144 Å². The average Bonchev–Trinajstić information content (AvgIpc) is 3.16. The number of rotatable bonds is 5. The van der Waals surface area contributed by atoms with Crippen molar-refractivity contribution in [1.29, 1.82) is 0 Å². The first-order valence-electron chi connectivity index (χ1n) is 7.44. The van der Waals surface area contributed by atoms with Crippen LogP contribution in [0.4, 0.5) is 0 Å². The summed E-state index contributed by atoms with van der Waals surface area (Å²) in [6, 6.07) is 12.3. The molecule has 0 radical (unpaired) electrons. The molecule has 2 aromatic heterocycles. The molecule has 0 spiro atoms. The fraction of sp³-hybridized carbons (Fsp3) is 0.222. The zero-order valence-electron chi connectivity index (χ0n) is 13.1. The Morgan fingerprint density at radius 1 is 1.17 bits per heavy atom. The first-order valence-corrected chi connectivity index (χ1v) is 9.14. The second-order valence-electron chi connectivity index (χ2n) is 5.40. The molecule has 2 heterocycles. The molecule has 0 aliphatic carbocycles. The molecule has 118 valence electrons. The molecule has 0 saturated carbocycles. The van der Waals surface area contributed by atoms with Crippen LogP contribution < -0.4 is 5.32 Å². The van der Waals surface area contributed by atoms with Gasteiger partial charge in [0.2, 0.25) is 5.91 Å². The molecule has 5 heteroatoms. The maximum absolute atomic E-state index is 12.2. The molecule has 0 fully saturated rings. The summed E-state index contributed by atoms with van der Waals surface area (Å²) in [4.78, 5) is 19.0. The number of hydrogen-bond donors (Lipinski definition) is 1. The van der Waals surface area contributed by atoms with Gasteiger partial charge >= 0.3 is 0 Å². The van der Waals surface area contributed by atoms with E-state index in [-0.39, 0.29) is 5.91 Å². The minimum Gasteiger partial charge on any atom is -0.351 e. The lowest BCUT2D eigenvalue weighted by atomic mass is 10.1. The third-order valence-corrected chi connectivity index (χ3v) is 5.34. The van der Waals surface area contributed by atoms with Gasteiger partial charge in [-0.05, 0) is 25.3 Å². The van der Waals surface area contributed by atoms with Crippen LogP contribution in [0.1, 0.15) is 20.3 Å². The highest BCUT2D eigenvalue weighted by Crippen LogP contribution is 2.28. The van der Waals surface area contributed by atoms with Crippen LogP contribution in [0.2, 0.25) is 0 Å². The van der Waals surface area contributed by atoms with E-state index >= 15 is 0 Å². The Morgan fingerprint density at radius 3 is 2.65 bits per heavy atom. The standard InChI is InChI=1S/C18H18N2OS2/c1-12-5-7-14(8-6-12)18-16(23-13(2)20-18)10-17(21)19-11-15-4-3-9-22-15/h3-9H,10-11H2,1-2H3,(H,19,21). The fourth-order valence-electron chi connectivity index (χ4n) is 2.33. The van der Waals surface area contributed by atoms with Crippen molar-refractivity contribution in [2.45, 2.75) is 26.8 Å². The Balaban J connectivity index is 1.72. The van der Waals surface area contributed by atoms with Gasteiger partial charge in [-0.15, -0.1) is 22.7 Å². The predicted molar refractivity (Wildman–Crippen MR) is 96.9 cm³/mol. The first-order chi connectivity index (χ1) is 11.1. The van der Waals surface area contributed by atoms with Crippen LogP contribution in [0.25, 0.3) is 11.3 Å². The lowest BCUT2D eigenvalue weighted by Gasteiger charge is -2.05. The van der Waals surface area contributed by atoms with E-state index in [9.17, 15) is 4.79 Å². The van der Waals surface area contributed by atoms with Crippen LogP contribution in [0, 0.1) is 13.8 Å². The minimum atomic E-state index is 0.0374.